The van der Waals surface area contributed by atoms with Crippen LogP contribution in [0.4, 0.5) is 5.69 Å². The molecule has 1 aliphatic rings. The van der Waals surface area contributed by atoms with Crippen LogP contribution >= 0.6 is 0 Å². The molecule has 0 spiro atoms. The summed E-state index contributed by atoms with van der Waals surface area (Å²) >= 11 is 0. The monoisotopic (exact) mass is 279 g/mol. The van der Waals surface area contributed by atoms with Gasteiger partial charge in [0.1, 0.15) is 0 Å². The molecular formula is C19H21NO. The highest BCUT2D eigenvalue weighted by Crippen LogP contribution is 2.37. The Kier molecular flexibility index (Phi) is 3.78. The van der Waals surface area contributed by atoms with Gasteiger partial charge in [0, 0.05) is 17.3 Å². The minimum atomic E-state index is 0.0978. The molecule has 108 valence electrons. The van der Waals surface area contributed by atoms with Crippen LogP contribution in [0.25, 0.3) is 0 Å². The SMILES string of the molecule is Cc1ccc(C(=O)N(c2ccccc2)[C@@H](C)C2CC2)cc1. The van der Waals surface area contributed by atoms with Crippen molar-refractivity contribution >= 4 is 11.6 Å². The van der Waals surface area contributed by atoms with E-state index in [-0.39, 0.29) is 11.9 Å². The van der Waals surface area contributed by atoms with Crippen LogP contribution in [-0.2, 0) is 0 Å². The summed E-state index contributed by atoms with van der Waals surface area (Å²) in [6.07, 6.45) is 2.46. The number of rotatable bonds is 4. The van der Waals surface area contributed by atoms with Gasteiger partial charge in [-0.15, -0.1) is 0 Å². The van der Waals surface area contributed by atoms with Crippen LogP contribution in [-0.4, -0.2) is 11.9 Å². The Morgan fingerprint density at radius 1 is 1.05 bits per heavy atom. The van der Waals surface area contributed by atoms with Gasteiger partial charge in [-0.3, -0.25) is 4.79 Å². The predicted molar refractivity (Wildman–Crippen MR) is 86.6 cm³/mol. The molecule has 0 heterocycles. The number of benzene rings is 2. The zero-order valence-electron chi connectivity index (χ0n) is 12.6. The second kappa shape index (κ2) is 5.72. The number of aryl methyl sites for hydroxylation is 1. The lowest BCUT2D eigenvalue weighted by molar-refractivity contribution is 0.0975. The number of hydrogen-bond acceptors (Lipinski definition) is 1. The van der Waals surface area contributed by atoms with Gasteiger partial charge in [0.2, 0.25) is 0 Å². The Morgan fingerprint density at radius 2 is 1.67 bits per heavy atom. The van der Waals surface area contributed by atoms with Crippen LogP contribution in [0.15, 0.2) is 54.6 Å². The quantitative estimate of drug-likeness (QED) is 0.810. The first-order valence-electron chi connectivity index (χ1n) is 7.62. The van der Waals surface area contributed by atoms with E-state index in [2.05, 4.69) is 6.92 Å². The van der Waals surface area contributed by atoms with E-state index in [9.17, 15) is 4.79 Å². The van der Waals surface area contributed by atoms with Gasteiger partial charge in [0.15, 0.2) is 0 Å². The summed E-state index contributed by atoms with van der Waals surface area (Å²) in [5, 5.41) is 0. The predicted octanol–water partition coefficient (Wildman–Crippen LogP) is 4.44. The summed E-state index contributed by atoms with van der Waals surface area (Å²) in [6, 6.07) is 18.1. The fourth-order valence-electron chi connectivity index (χ4n) is 2.75. The second-order valence-electron chi connectivity index (χ2n) is 5.95. The third kappa shape index (κ3) is 2.99. The first kappa shape index (κ1) is 13.9. The number of amides is 1. The molecule has 0 saturated heterocycles. The molecule has 1 saturated carbocycles. The van der Waals surface area contributed by atoms with Crippen molar-refractivity contribution in [2.75, 3.05) is 4.90 Å². The number of para-hydroxylation sites is 1. The highest BCUT2D eigenvalue weighted by Gasteiger charge is 2.35. The molecule has 1 amide bonds. The van der Waals surface area contributed by atoms with Gasteiger partial charge in [0.05, 0.1) is 0 Å². The van der Waals surface area contributed by atoms with E-state index in [4.69, 9.17) is 0 Å². The van der Waals surface area contributed by atoms with E-state index in [0.717, 1.165) is 11.3 Å². The van der Waals surface area contributed by atoms with Crippen LogP contribution < -0.4 is 4.90 Å². The lowest BCUT2D eigenvalue weighted by Gasteiger charge is -2.29. The molecule has 0 unspecified atom stereocenters. The number of carbonyl (C=O) groups is 1. The second-order valence-corrected chi connectivity index (χ2v) is 5.95. The van der Waals surface area contributed by atoms with E-state index >= 15 is 0 Å². The molecule has 3 rings (SSSR count). The molecule has 2 heteroatoms. The average molecular weight is 279 g/mol. The Balaban J connectivity index is 1.94. The molecular weight excluding hydrogens is 258 g/mol. The molecule has 1 aliphatic carbocycles. The van der Waals surface area contributed by atoms with Gasteiger partial charge in [-0.2, -0.15) is 0 Å². The lowest BCUT2D eigenvalue weighted by atomic mass is 10.1. The van der Waals surface area contributed by atoms with Gasteiger partial charge in [-0.05, 0) is 56.9 Å². The van der Waals surface area contributed by atoms with Crippen molar-refractivity contribution in [3.63, 3.8) is 0 Å². The van der Waals surface area contributed by atoms with Gasteiger partial charge in [-0.1, -0.05) is 35.9 Å². The van der Waals surface area contributed by atoms with Crippen LogP contribution in [0.3, 0.4) is 0 Å². The van der Waals surface area contributed by atoms with Crippen molar-refractivity contribution in [2.24, 2.45) is 5.92 Å². The van der Waals surface area contributed by atoms with Gasteiger partial charge in [-0.25, -0.2) is 0 Å². The first-order valence-corrected chi connectivity index (χ1v) is 7.62. The van der Waals surface area contributed by atoms with Crippen LogP contribution in [0.2, 0.25) is 0 Å². The maximum absolute atomic E-state index is 13.0. The molecule has 1 atom stereocenters. The summed E-state index contributed by atoms with van der Waals surface area (Å²) in [5.41, 5.74) is 2.92. The zero-order valence-corrected chi connectivity index (χ0v) is 12.6. The zero-order chi connectivity index (χ0) is 14.8. The largest absolute Gasteiger partial charge is 0.305 e. The van der Waals surface area contributed by atoms with Crippen molar-refractivity contribution in [3.8, 4) is 0 Å². The lowest BCUT2D eigenvalue weighted by Crippen LogP contribution is -2.40. The van der Waals surface area contributed by atoms with E-state index in [0.29, 0.717) is 5.92 Å². The number of anilines is 1. The molecule has 0 aromatic heterocycles. The minimum Gasteiger partial charge on any atom is -0.305 e. The van der Waals surface area contributed by atoms with Gasteiger partial charge >= 0.3 is 0 Å². The van der Waals surface area contributed by atoms with E-state index < -0.39 is 0 Å². The molecule has 21 heavy (non-hydrogen) atoms. The normalized spacial score (nSPS) is 15.5. The molecule has 2 nitrogen and oxygen atoms in total. The summed E-state index contributed by atoms with van der Waals surface area (Å²) in [5.74, 6) is 0.736. The Labute approximate surface area is 126 Å². The maximum atomic E-state index is 13.0. The Hall–Kier alpha value is -2.09. The molecule has 2 aromatic rings. The van der Waals surface area contributed by atoms with Crippen molar-refractivity contribution in [2.45, 2.75) is 32.7 Å². The highest BCUT2D eigenvalue weighted by atomic mass is 16.2. The fraction of sp³-hybridized carbons (Fsp3) is 0.316. The minimum absolute atomic E-state index is 0.0978. The Bertz CT molecular complexity index is 614. The molecule has 2 aromatic carbocycles. The average Bonchev–Trinajstić information content (AvgIpc) is 3.34. The topological polar surface area (TPSA) is 20.3 Å². The van der Waals surface area contributed by atoms with Crippen molar-refractivity contribution < 1.29 is 4.79 Å². The Morgan fingerprint density at radius 3 is 2.24 bits per heavy atom. The highest BCUT2D eigenvalue weighted by molar-refractivity contribution is 6.06. The summed E-state index contributed by atoms with van der Waals surface area (Å²) in [7, 11) is 0. The van der Waals surface area contributed by atoms with E-state index in [1.165, 1.54) is 18.4 Å². The maximum Gasteiger partial charge on any atom is 0.258 e. The smallest absolute Gasteiger partial charge is 0.258 e. The number of hydrogen-bond donors (Lipinski definition) is 0. The fourth-order valence-corrected chi connectivity index (χ4v) is 2.75. The van der Waals surface area contributed by atoms with Crippen molar-refractivity contribution in [1.82, 2.24) is 0 Å². The van der Waals surface area contributed by atoms with Gasteiger partial charge in [0.25, 0.3) is 5.91 Å². The van der Waals surface area contributed by atoms with Gasteiger partial charge < -0.3 is 4.90 Å². The van der Waals surface area contributed by atoms with Crippen molar-refractivity contribution in [3.05, 3.63) is 65.7 Å². The van der Waals surface area contributed by atoms with Crippen LogP contribution in [0.1, 0.15) is 35.7 Å². The molecule has 1 fully saturated rings. The van der Waals surface area contributed by atoms with Crippen LogP contribution in [0.5, 0.6) is 0 Å². The first-order chi connectivity index (χ1) is 10.2. The third-order valence-electron chi connectivity index (χ3n) is 4.26. The standard InChI is InChI=1S/C19H21NO/c1-14-8-10-17(11-9-14)19(21)20(15(2)16-12-13-16)18-6-4-3-5-7-18/h3-11,15-16H,12-13H2,1-2H3/t15-/m0/s1. The number of nitrogens with zero attached hydrogens (tertiary/aromatic N) is 1. The molecule has 0 aliphatic heterocycles. The summed E-state index contributed by atoms with van der Waals surface area (Å²) in [4.78, 5) is 14.9. The molecule has 0 N–H and O–H groups in total. The molecule has 0 bridgehead atoms. The summed E-state index contributed by atoms with van der Waals surface area (Å²) in [6.45, 7) is 4.20. The van der Waals surface area contributed by atoms with E-state index in [1.54, 1.807) is 0 Å². The molecule has 0 radical (unpaired) electrons. The van der Waals surface area contributed by atoms with Crippen LogP contribution in [0, 0.1) is 12.8 Å². The van der Waals surface area contributed by atoms with Crippen molar-refractivity contribution in [1.29, 1.82) is 0 Å². The third-order valence-corrected chi connectivity index (χ3v) is 4.26. The summed E-state index contributed by atoms with van der Waals surface area (Å²) < 4.78 is 0. The van der Waals surface area contributed by atoms with E-state index in [1.807, 2.05) is 66.4 Å². The number of carbonyl (C=O) groups excluding carboxylic acids is 1.